The van der Waals surface area contributed by atoms with E-state index in [1.165, 1.54) is 18.3 Å². The number of carbonyl (C=O) groups is 1. The van der Waals surface area contributed by atoms with Crippen LogP contribution in [-0.2, 0) is 11.3 Å². The van der Waals surface area contributed by atoms with Crippen molar-refractivity contribution in [1.82, 2.24) is 25.3 Å². The fourth-order valence-corrected chi connectivity index (χ4v) is 3.76. The lowest BCUT2D eigenvalue weighted by Crippen LogP contribution is -2.37. The first-order valence-electron chi connectivity index (χ1n) is 10.3. The largest absolute Gasteiger partial charge is 0.378 e. The number of morpholine rings is 1. The topological polar surface area (TPSA) is 96.0 Å². The van der Waals surface area contributed by atoms with Crippen LogP contribution in [0.25, 0.3) is 22.2 Å². The van der Waals surface area contributed by atoms with Crippen molar-refractivity contribution in [3.8, 4) is 11.3 Å². The molecule has 1 aromatic carbocycles. The number of hydrogen-bond acceptors (Lipinski definition) is 6. The van der Waals surface area contributed by atoms with Gasteiger partial charge >= 0.3 is 0 Å². The first kappa shape index (κ1) is 20.1. The maximum atomic E-state index is 14.3. The van der Waals surface area contributed by atoms with Gasteiger partial charge in [0.1, 0.15) is 11.6 Å². The van der Waals surface area contributed by atoms with Gasteiger partial charge in [-0.15, -0.1) is 0 Å². The molecule has 1 aliphatic rings. The molecule has 1 amide bonds. The minimum atomic E-state index is -0.354. The Labute approximate surface area is 183 Å². The quantitative estimate of drug-likeness (QED) is 0.504. The first-order valence-corrected chi connectivity index (χ1v) is 10.3. The molecule has 0 unspecified atom stereocenters. The zero-order valence-electron chi connectivity index (χ0n) is 17.2. The van der Waals surface area contributed by atoms with E-state index in [9.17, 15) is 9.18 Å². The number of aromatic amines is 1. The van der Waals surface area contributed by atoms with Crippen molar-refractivity contribution < 1.29 is 13.9 Å². The van der Waals surface area contributed by atoms with Gasteiger partial charge in [-0.25, -0.2) is 14.4 Å². The molecule has 4 heterocycles. The highest BCUT2D eigenvalue weighted by molar-refractivity contribution is 5.95. The molecule has 0 atom stereocenters. The Morgan fingerprint density at radius 1 is 1.19 bits per heavy atom. The number of ether oxygens (including phenoxy) is 1. The zero-order valence-corrected chi connectivity index (χ0v) is 17.2. The molecular weight excluding hydrogens is 411 g/mol. The maximum absolute atomic E-state index is 14.3. The number of anilines is 1. The normalized spacial score (nSPS) is 14.0. The molecule has 1 aliphatic heterocycles. The van der Waals surface area contributed by atoms with Crippen LogP contribution in [0.4, 0.5) is 10.2 Å². The van der Waals surface area contributed by atoms with Gasteiger partial charge in [-0.3, -0.25) is 9.78 Å². The predicted octanol–water partition coefficient (Wildman–Crippen LogP) is 2.93. The van der Waals surface area contributed by atoms with E-state index in [0.29, 0.717) is 54.5 Å². The number of aromatic nitrogens is 4. The minimum Gasteiger partial charge on any atom is -0.378 e. The summed E-state index contributed by atoms with van der Waals surface area (Å²) in [7, 11) is 0. The molecule has 1 fully saturated rings. The molecule has 0 radical (unpaired) electrons. The third-order valence-corrected chi connectivity index (χ3v) is 5.33. The summed E-state index contributed by atoms with van der Waals surface area (Å²) in [6, 6.07) is 10.1. The number of halogens is 1. The highest BCUT2D eigenvalue weighted by Crippen LogP contribution is 2.30. The smallest absolute Gasteiger partial charge is 0.253 e. The van der Waals surface area contributed by atoms with Gasteiger partial charge in [0.25, 0.3) is 5.91 Å². The van der Waals surface area contributed by atoms with E-state index < -0.39 is 0 Å². The van der Waals surface area contributed by atoms with Crippen molar-refractivity contribution in [3.05, 3.63) is 72.2 Å². The molecule has 0 aliphatic carbocycles. The number of hydrogen-bond donors (Lipinski definition) is 2. The molecule has 5 rings (SSSR count). The number of fused-ring (bicyclic) bond motifs is 1. The summed E-state index contributed by atoms with van der Waals surface area (Å²) < 4.78 is 19.8. The van der Waals surface area contributed by atoms with E-state index in [1.54, 1.807) is 24.5 Å². The summed E-state index contributed by atoms with van der Waals surface area (Å²) in [6.45, 7) is 2.73. The number of nitrogens with one attached hydrogen (secondary N) is 2. The fraction of sp³-hybridized carbons (Fsp3) is 0.217. The molecule has 2 N–H and O–H groups in total. The van der Waals surface area contributed by atoms with Gasteiger partial charge in [0.2, 0.25) is 0 Å². The number of amides is 1. The molecule has 1 saturated heterocycles. The third kappa shape index (κ3) is 4.15. The number of pyridine rings is 1. The van der Waals surface area contributed by atoms with Gasteiger partial charge in [-0.05, 0) is 30.3 Å². The Hall–Kier alpha value is -3.85. The average Bonchev–Trinajstić information content (AvgIpc) is 3.31. The van der Waals surface area contributed by atoms with Gasteiger partial charge in [0, 0.05) is 54.2 Å². The summed E-state index contributed by atoms with van der Waals surface area (Å²) in [4.78, 5) is 30.9. The van der Waals surface area contributed by atoms with Gasteiger partial charge in [0.05, 0.1) is 31.0 Å². The number of rotatable bonds is 5. The molecular formula is C23H21FN6O2. The maximum Gasteiger partial charge on any atom is 0.253 e. The molecule has 0 saturated carbocycles. The van der Waals surface area contributed by atoms with Crippen molar-refractivity contribution in [2.75, 3.05) is 31.2 Å². The lowest BCUT2D eigenvalue weighted by molar-refractivity contribution is 0.0949. The van der Waals surface area contributed by atoms with Crippen molar-refractivity contribution >= 4 is 22.6 Å². The molecule has 8 nitrogen and oxygen atoms in total. The molecule has 162 valence electrons. The Morgan fingerprint density at radius 2 is 2.06 bits per heavy atom. The minimum absolute atomic E-state index is 0.129. The summed E-state index contributed by atoms with van der Waals surface area (Å²) in [5.41, 5.74) is 2.41. The van der Waals surface area contributed by atoms with E-state index in [1.807, 2.05) is 12.1 Å². The molecule has 0 bridgehead atoms. The highest BCUT2D eigenvalue weighted by Gasteiger charge is 2.18. The van der Waals surface area contributed by atoms with Crippen LogP contribution in [0.3, 0.4) is 0 Å². The molecule has 0 spiro atoms. The van der Waals surface area contributed by atoms with Crippen LogP contribution in [0.1, 0.15) is 16.2 Å². The summed E-state index contributed by atoms with van der Waals surface area (Å²) in [5.74, 6) is 0.540. The Balaban J connectivity index is 1.51. The second-order valence-electron chi connectivity index (χ2n) is 7.44. The Morgan fingerprint density at radius 3 is 2.88 bits per heavy atom. The summed E-state index contributed by atoms with van der Waals surface area (Å²) in [5, 5.41) is 3.70. The van der Waals surface area contributed by atoms with Gasteiger partial charge in [0.15, 0.2) is 5.82 Å². The lowest BCUT2D eigenvalue weighted by Gasteiger charge is -2.28. The van der Waals surface area contributed by atoms with Crippen molar-refractivity contribution in [3.63, 3.8) is 0 Å². The van der Waals surface area contributed by atoms with Crippen LogP contribution in [0.15, 0.2) is 55.0 Å². The fourth-order valence-electron chi connectivity index (χ4n) is 3.76. The third-order valence-electron chi connectivity index (χ3n) is 5.33. The van der Waals surface area contributed by atoms with Gasteiger partial charge < -0.3 is 19.9 Å². The van der Waals surface area contributed by atoms with Crippen LogP contribution in [-0.4, -0.2) is 52.1 Å². The first-order chi connectivity index (χ1) is 15.7. The number of nitrogens with zero attached hydrogens (tertiary/aromatic N) is 4. The summed E-state index contributed by atoms with van der Waals surface area (Å²) >= 11 is 0. The lowest BCUT2D eigenvalue weighted by atomic mass is 10.1. The Kier molecular flexibility index (Phi) is 5.47. The SMILES string of the molecule is O=C(NCc1nc(-c2cc(F)cc3[nH]ccc23)cc(N2CCOCC2)n1)c1cccnc1. The second kappa shape index (κ2) is 8.72. The molecule has 32 heavy (non-hydrogen) atoms. The number of H-pyrrole nitrogens is 1. The zero-order chi connectivity index (χ0) is 21.9. The predicted molar refractivity (Wildman–Crippen MR) is 118 cm³/mol. The highest BCUT2D eigenvalue weighted by atomic mass is 19.1. The van der Waals surface area contributed by atoms with Crippen LogP contribution >= 0.6 is 0 Å². The van der Waals surface area contributed by atoms with E-state index in [4.69, 9.17) is 4.74 Å². The Bertz CT molecular complexity index is 1250. The van der Waals surface area contributed by atoms with Crippen LogP contribution in [0.2, 0.25) is 0 Å². The monoisotopic (exact) mass is 432 g/mol. The van der Waals surface area contributed by atoms with Crippen molar-refractivity contribution in [1.29, 1.82) is 0 Å². The number of carbonyl (C=O) groups excluding carboxylic acids is 1. The van der Waals surface area contributed by atoms with Crippen LogP contribution in [0, 0.1) is 5.82 Å². The average molecular weight is 432 g/mol. The molecule has 4 aromatic rings. The van der Waals surface area contributed by atoms with Gasteiger partial charge in [-0.2, -0.15) is 0 Å². The van der Waals surface area contributed by atoms with Crippen LogP contribution < -0.4 is 10.2 Å². The van der Waals surface area contributed by atoms with E-state index in [-0.39, 0.29) is 18.3 Å². The van der Waals surface area contributed by atoms with Gasteiger partial charge in [-0.1, -0.05) is 0 Å². The van der Waals surface area contributed by atoms with Crippen LogP contribution in [0.5, 0.6) is 0 Å². The van der Waals surface area contributed by atoms with E-state index in [0.717, 1.165) is 11.2 Å². The number of benzene rings is 1. The molecule has 9 heteroatoms. The van der Waals surface area contributed by atoms with E-state index in [2.05, 4.69) is 30.2 Å². The standard InChI is InChI=1S/C23H21FN6O2/c24-16-10-18(17-3-5-26-19(17)11-16)20-12-22(30-6-8-32-9-7-30)29-21(28-20)14-27-23(31)15-2-1-4-25-13-15/h1-5,10-13,26H,6-9,14H2,(H,27,31). The second-order valence-corrected chi connectivity index (χ2v) is 7.44. The van der Waals surface area contributed by atoms with Crippen molar-refractivity contribution in [2.45, 2.75) is 6.54 Å². The van der Waals surface area contributed by atoms with E-state index >= 15 is 0 Å². The molecule has 3 aromatic heterocycles. The van der Waals surface area contributed by atoms with Crippen molar-refractivity contribution in [2.24, 2.45) is 0 Å². The summed E-state index contributed by atoms with van der Waals surface area (Å²) in [6.07, 6.45) is 4.88.